The number of carbonyl (C=O) groups is 1. The van der Waals surface area contributed by atoms with E-state index in [9.17, 15) is 13.2 Å². The van der Waals surface area contributed by atoms with Crippen LogP contribution in [0.5, 0.6) is 0 Å². The number of nitrogens with zero attached hydrogens (tertiary/aromatic N) is 3. The van der Waals surface area contributed by atoms with Crippen molar-refractivity contribution in [3.8, 4) is 11.1 Å². The fraction of sp³-hybridized carbons (Fsp3) is 0.469. The van der Waals surface area contributed by atoms with Gasteiger partial charge in [0.05, 0.1) is 18.0 Å². The van der Waals surface area contributed by atoms with Crippen molar-refractivity contribution in [2.45, 2.75) is 83.4 Å². The number of carbonyl (C=O) groups excluding carboxylic acids is 1. The van der Waals surface area contributed by atoms with E-state index < -0.39 is 15.6 Å². The second-order valence-electron chi connectivity index (χ2n) is 11.3. The van der Waals surface area contributed by atoms with E-state index in [1.807, 2.05) is 36.1 Å². The lowest BCUT2D eigenvalue weighted by Crippen LogP contribution is -2.51. The predicted molar refractivity (Wildman–Crippen MR) is 166 cm³/mol. The van der Waals surface area contributed by atoms with Gasteiger partial charge >= 0.3 is 0 Å². The van der Waals surface area contributed by atoms with Crippen LogP contribution in [-0.2, 0) is 32.7 Å². The van der Waals surface area contributed by atoms with Gasteiger partial charge in [-0.15, -0.1) is 0 Å². The molecule has 1 spiro atoms. The molecule has 2 aliphatic heterocycles. The molecular weight excluding hydrogens is 566 g/mol. The van der Waals surface area contributed by atoms with E-state index in [1.54, 1.807) is 32.0 Å². The summed E-state index contributed by atoms with van der Waals surface area (Å²) in [6, 6.07) is 12.8. The van der Waals surface area contributed by atoms with Crippen molar-refractivity contribution in [3.05, 3.63) is 64.9 Å². The quantitative estimate of drug-likeness (QED) is 0.284. The Balaban J connectivity index is 1.48. The molecule has 1 aromatic heterocycles. The Labute approximate surface area is 253 Å². The highest BCUT2D eigenvalue weighted by Gasteiger charge is 2.48. The summed E-state index contributed by atoms with van der Waals surface area (Å²) < 4.78 is 40.8. The number of sulfonamides is 1. The van der Waals surface area contributed by atoms with Crippen LogP contribution in [0.15, 0.2) is 56.9 Å². The maximum atomic E-state index is 13.8. The van der Waals surface area contributed by atoms with E-state index in [2.05, 4.69) is 22.1 Å². The van der Waals surface area contributed by atoms with Crippen molar-refractivity contribution in [1.82, 2.24) is 15.4 Å². The van der Waals surface area contributed by atoms with Gasteiger partial charge in [0.1, 0.15) is 11.6 Å². The summed E-state index contributed by atoms with van der Waals surface area (Å²) in [6.07, 6.45) is 4.42. The Morgan fingerprint density at radius 2 is 1.95 bits per heavy atom. The summed E-state index contributed by atoms with van der Waals surface area (Å²) in [5, 5.41) is 7.25. The lowest BCUT2D eigenvalue weighted by molar-refractivity contribution is -0.132. The van der Waals surface area contributed by atoms with E-state index in [1.165, 1.54) is 0 Å². The monoisotopic (exact) mass is 607 g/mol. The minimum atomic E-state index is -3.99. The third-order valence-corrected chi connectivity index (χ3v) is 9.64. The number of anilines is 1. The Hall–Kier alpha value is -3.54. The molecule has 0 bridgehead atoms. The van der Waals surface area contributed by atoms with Crippen molar-refractivity contribution < 1.29 is 22.5 Å². The number of hydrogen-bond acceptors (Lipinski definition) is 8. The fourth-order valence-corrected chi connectivity index (χ4v) is 7.00. The minimum Gasteiger partial charge on any atom is -0.377 e. The number of benzene rings is 2. The second kappa shape index (κ2) is 13.0. The molecule has 1 amide bonds. The van der Waals surface area contributed by atoms with Gasteiger partial charge in [-0.2, -0.15) is 0 Å². The Morgan fingerprint density at radius 1 is 1.14 bits per heavy atom. The molecule has 11 heteroatoms. The van der Waals surface area contributed by atoms with Gasteiger partial charge in [0, 0.05) is 30.7 Å². The second-order valence-corrected chi connectivity index (χ2v) is 12.9. The molecule has 3 aromatic rings. The highest BCUT2D eigenvalue weighted by atomic mass is 32.2. The summed E-state index contributed by atoms with van der Waals surface area (Å²) in [6.45, 7) is 10.2. The first-order valence-electron chi connectivity index (χ1n) is 15.0. The number of amidine groups is 1. The molecule has 2 N–H and O–H groups in total. The first-order chi connectivity index (χ1) is 20.7. The van der Waals surface area contributed by atoms with Crippen LogP contribution >= 0.6 is 0 Å². The van der Waals surface area contributed by atoms with Gasteiger partial charge in [-0.05, 0) is 69.3 Å². The Bertz CT molecular complexity index is 1610. The zero-order chi connectivity index (χ0) is 30.6. The van der Waals surface area contributed by atoms with Gasteiger partial charge in [-0.25, -0.2) is 8.42 Å². The zero-order valence-electron chi connectivity index (χ0n) is 25.4. The van der Waals surface area contributed by atoms with Gasteiger partial charge in [-0.1, -0.05) is 54.9 Å². The van der Waals surface area contributed by atoms with Crippen molar-refractivity contribution in [3.63, 3.8) is 0 Å². The van der Waals surface area contributed by atoms with E-state index in [-0.39, 0.29) is 16.6 Å². The number of rotatable bonds is 12. The average Bonchev–Trinajstić information content (AvgIpc) is 3.45. The van der Waals surface area contributed by atoms with Gasteiger partial charge in [0.15, 0.2) is 11.4 Å². The molecule has 0 aliphatic carbocycles. The van der Waals surface area contributed by atoms with Gasteiger partial charge in [0.2, 0.25) is 0 Å². The summed E-state index contributed by atoms with van der Waals surface area (Å²) >= 11 is 0. The number of ether oxygens (including phenoxy) is 1. The number of nitrogens with one attached hydrogen (secondary N) is 2. The highest BCUT2D eigenvalue weighted by Crippen LogP contribution is 2.35. The van der Waals surface area contributed by atoms with Gasteiger partial charge in [0.25, 0.3) is 15.9 Å². The van der Waals surface area contributed by atoms with Crippen LogP contribution in [0.1, 0.15) is 68.4 Å². The molecule has 0 saturated carbocycles. The van der Waals surface area contributed by atoms with Crippen molar-refractivity contribution in [2.75, 3.05) is 24.4 Å². The summed E-state index contributed by atoms with van der Waals surface area (Å²) in [4.78, 5) is 20.8. The number of unbranched alkanes of at least 4 members (excludes halogenated alkanes) is 1. The first kappa shape index (κ1) is 30.9. The molecule has 3 heterocycles. The standard InChI is InChI=1S/C32H41N5O5S/c1-5-7-13-29-34-32(16-10-17-33-21-32)31(38)37(29)19-24-14-15-26(25(18-24)20-41-6-2)27-11-8-9-12-28(27)43(39,40)36-30-22(3)23(4)42-35-30/h8-9,11-12,14-15,18,33H,5-7,10,13,16-17,19-21H2,1-4H3,(H,35,36). The zero-order valence-corrected chi connectivity index (χ0v) is 26.2. The normalized spacial score (nSPS) is 18.8. The minimum absolute atomic E-state index is 0.0575. The predicted octanol–water partition coefficient (Wildman–Crippen LogP) is 5.35. The maximum absolute atomic E-state index is 13.8. The summed E-state index contributed by atoms with van der Waals surface area (Å²) in [5.74, 6) is 1.62. The number of amides is 1. The molecule has 2 aliphatic rings. The topological polar surface area (TPSA) is 126 Å². The molecule has 1 saturated heterocycles. The maximum Gasteiger partial charge on any atom is 0.263 e. The lowest BCUT2D eigenvalue weighted by Gasteiger charge is -2.30. The van der Waals surface area contributed by atoms with Crippen molar-refractivity contribution >= 4 is 27.6 Å². The lowest BCUT2D eigenvalue weighted by atomic mass is 9.90. The number of aliphatic imine (C=N–C) groups is 1. The molecule has 2 aromatic carbocycles. The smallest absolute Gasteiger partial charge is 0.263 e. The van der Waals surface area contributed by atoms with Crippen molar-refractivity contribution in [1.29, 1.82) is 0 Å². The molecule has 0 radical (unpaired) electrons. The molecule has 1 fully saturated rings. The van der Waals surface area contributed by atoms with Crippen LogP contribution in [0.4, 0.5) is 5.82 Å². The third-order valence-electron chi connectivity index (χ3n) is 8.24. The summed E-state index contributed by atoms with van der Waals surface area (Å²) in [7, 11) is -3.99. The largest absolute Gasteiger partial charge is 0.377 e. The summed E-state index contributed by atoms with van der Waals surface area (Å²) in [5.41, 5.74) is 2.98. The number of aryl methyl sites for hydroxylation is 1. The van der Waals surface area contributed by atoms with Gasteiger partial charge < -0.3 is 14.6 Å². The van der Waals surface area contributed by atoms with E-state index in [0.29, 0.717) is 43.2 Å². The molecule has 10 nitrogen and oxygen atoms in total. The molecule has 1 unspecified atom stereocenters. The Morgan fingerprint density at radius 3 is 2.65 bits per heavy atom. The first-order valence-corrected chi connectivity index (χ1v) is 16.5. The third kappa shape index (κ3) is 6.39. The molecular formula is C32H41N5O5S. The van der Waals surface area contributed by atoms with E-state index in [0.717, 1.165) is 61.2 Å². The number of aromatic nitrogens is 1. The molecule has 5 rings (SSSR count). The van der Waals surface area contributed by atoms with Crippen LogP contribution in [-0.4, -0.2) is 55.5 Å². The SMILES string of the molecule is CCCCC1=NC2(CCCNC2)C(=O)N1Cc1ccc(-c2ccccc2S(=O)(=O)Nc2noc(C)c2C)c(COCC)c1. The average molecular weight is 608 g/mol. The van der Waals surface area contributed by atoms with E-state index in [4.69, 9.17) is 14.3 Å². The van der Waals surface area contributed by atoms with Gasteiger partial charge in [-0.3, -0.25) is 19.4 Å². The molecule has 1 atom stereocenters. The highest BCUT2D eigenvalue weighted by molar-refractivity contribution is 7.92. The fourth-order valence-electron chi connectivity index (χ4n) is 5.72. The number of piperidine rings is 1. The van der Waals surface area contributed by atoms with Crippen LogP contribution in [0.3, 0.4) is 0 Å². The van der Waals surface area contributed by atoms with E-state index >= 15 is 0 Å². The van der Waals surface area contributed by atoms with Crippen molar-refractivity contribution in [2.24, 2.45) is 4.99 Å². The molecule has 230 valence electrons. The number of hydrogen-bond donors (Lipinski definition) is 2. The van der Waals surface area contributed by atoms with Crippen LogP contribution in [0, 0.1) is 13.8 Å². The van der Waals surface area contributed by atoms with Crippen LogP contribution in [0.2, 0.25) is 0 Å². The van der Waals surface area contributed by atoms with Crippen LogP contribution in [0.25, 0.3) is 11.1 Å². The Kier molecular flexibility index (Phi) is 9.33. The van der Waals surface area contributed by atoms with Crippen LogP contribution < -0.4 is 10.0 Å². The molecule has 43 heavy (non-hydrogen) atoms.